The van der Waals surface area contributed by atoms with Crippen LogP contribution in [-0.2, 0) is 4.79 Å². The highest BCUT2D eigenvalue weighted by Gasteiger charge is 2.19. The summed E-state index contributed by atoms with van der Waals surface area (Å²) in [4.78, 5) is 25.7. The molecule has 1 fully saturated rings. The molecule has 2 amide bonds. The number of amides is 2. The van der Waals surface area contributed by atoms with Crippen molar-refractivity contribution in [1.82, 2.24) is 5.32 Å². The second-order valence-electron chi connectivity index (χ2n) is 7.10. The standard InChI is InChI=1S/C22H24ClFN2O2S/c23-20-11-8-17(14-19(20)22(28)26-16-4-2-1-3-5-16)25-21(27)12-13-29-18-9-6-15(24)7-10-18/h6-11,14,16H,1-5,12-13H2,(H,25,27)(H,26,28). The van der Waals surface area contributed by atoms with Gasteiger partial charge in [-0.05, 0) is 55.3 Å². The average Bonchev–Trinajstić information content (AvgIpc) is 2.71. The molecule has 0 aromatic heterocycles. The zero-order valence-electron chi connectivity index (χ0n) is 16.0. The lowest BCUT2D eigenvalue weighted by atomic mass is 9.95. The number of nitrogens with one attached hydrogen (secondary N) is 2. The first-order valence-corrected chi connectivity index (χ1v) is 11.2. The van der Waals surface area contributed by atoms with Crippen LogP contribution in [0.2, 0.25) is 5.02 Å². The summed E-state index contributed by atoms with van der Waals surface area (Å²) >= 11 is 7.69. The molecular formula is C22H24ClFN2O2S. The number of carbonyl (C=O) groups excluding carboxylic acids is 2. The van der Waals surface area contributed by atoms with E-state index in [1.807, 2.05) is 0 Å². The van der Waals surface area contributed by atoms with Gasteiger partial charge in [-0.2, -0.15) is 0 Å². The molecular weight excluding hydrogens is 411 g/mol. The molecule has 0 unspecified atom stereocenters. The zero-order chi connectivity index (χ0) is 20.6. The highest BCUT2D eigenvalue weighted by Crippen LogP contribution is 2.23. The lowest BCUT2D eigenvalue weighted by Gasteiger charge is -2.23. The van der Waals surface area contributed by atoms with Crippen molar-refractivity contribution in [3.63, 3.8) is 0 Å². The molecule has 0 spiro atoms. The fourth-order valence-corrected chi connectivity index (χ4v) is 4.36. The van der Waals surface area contributed by atoms with Crippen LogP contribution >= 0.6 is 23.4 Å². The summed E-state index contributed by atoms with van der Waals surface area (Å²) in [6.45, 7) is 0. The Morgan fingerprint density at radius 3 is 2.52 bits per heavy atom. The van der Waals surface area contributed by atoms with Crippen LogP contribution in [0.15, 0.2) is 47.4 Å². The zero-order valence-corrected chi connectivity index (χ0v) is 17.6. The van der Waals surface area contributed by atoms with E-state index in [4.69, 9.17) is 11.6 Å². The van der Waals surface area contributed by atoms with Gasteiger partial charge in [0, 0.05) is 28.8 Å². The molecule has 0 bridgehead atoms. The largest absolute Gasteiger partial charge is 0.349 e. The topological polar surface area (TPSA) is 58.2 Å². The molecule has 2 N–H and O–H groups in total. The van der Waals surface area contributed by atoms with E-state index in [1.165, 1.54) is 30.3 Å². The monoisotopic (exact) mass is 434 g/mol. The molecule has 1 aliphatic rings. The maximum absolute atomic E-state index is 12.9. The van der Waals surface area contributed by atoms with Gasteiger partial charge in [0.15, 0.2) is 0 Å². The van der Waals surface area contributed by atoms with Crippen LogP contribution in [0, 0.1) is 5.82 Å². The van der Waals surface area contributed by atoms with Crippen LogP contribution in [0.5, 0.6) is 0 Å². The normalized spacial score (nSPS) is 14.4. The third-order valence-corrected chi connectivity index (χ3v) is 6.19. The SMILES string of the molecule is O=C(CCSc1ccc(F)cc1)Nc1ccc(Cl)c(C(=O)NC2CCCCC2)c1. The van der Waals surface area contributed by atoms with Crippen LogP contribution in [0.4, 0.5) is 10.1 Å². The molecule has 0 heterocycles. The van der Waals surface area contributed by atoms with Gasteiger partial charge < -0.3 is 10.6 Å². The molecule has 0 atom stereocenters. The Labute approximate surface area is 179 Å². The fraction of sp³-hybridized carbons (Fsp3) is 0.364. The Bertz CT molecular complexity index is 854. The summed E-state index contributed by atoms with van der Waals surface area (Å²) < 4.78 is 12.9. The van der Waals surface area contributed by atoms with E-state index in [0.29, 0.717) is 28.4 Å². The second kappa shape index (κ2) is 10.6. The van der Waals surface area contributed by atoms with Gasteiger partial charge >= 0.3 is 0 Å². The first-order chi connectivity index (χ1) is 14.0. The lowest BCUT2D eigenvalue weighted by Crippen LogP contribution is -2.36. The van der Waals surface area contributed by atoms with Crippen molar-refractivity contribution < 1.29 is 14.0 Å². The van der Waals surface area contributed by atoms with E-state index in [1.54, 1.807) is 30.3 Å². The Morgan fingerprint density at radius 1 is 1.07 bits per heavy atom. The number of benzene rings is 2. The van der Waals surface area contributed by atoms with Crippen molar-refractivity contribution in [1.29, 1.82) is 0 Å². The quantitative estimate of drug-likeness (QED) is 0.552. The van der Waals surface area contributed by atoms with Crippen molar-refractivity contribution in [2.24, 2.45) is 0 Å². The van der Waals surface area contributed by atoms with Crippen molar-refractivity contribution in [3.8, 4) is 0 Å². The predicted molar refractivity (Wildman–Crippen MR) is 116 cm³/mol. The highest BCUT2D eigenvalue weighted by molar-refractivity contribution is 7.99. The van der Waals surface area contributed by atoms with Gasteiger partial charge in [0.2, 0.25) is 5.91 Å². The van der Waals surface area contributed by atoms with E-state index in [0.717, 1.165) is 30.6 Å². The number of halogens is 2. The molecule has 2 aromatic carbocycles. The van der Waals surface area contributed by atoms with Gasteiger partial charge in [0.05, 0.1) is 10.6 Å². The molecule has 1 saturated carbocycles. The number of anilines is 1. The average molecular weight is 435 g/mol. The predicted octanol–water partition coefficient (Wildman–Crippen LogP) is 5.66. The minimum absolute atomic E-state index is 0.152. The highest BCUT2D eigenvalue weighted by atomic mass is 35.5. The molecule has 0 saturated heterocycles. The van der Waals surface area contributed by atoms with Gasteiger partial charge in [-0.25, -0.2) is 4.39 Å². The van der Waals surface area contributed by atoms with Gasteiger partial charge in [-0.3, -0.25) is 9.59 Å². The van der Waals surface area contributed by atoms with Gasteiger partial charge in [0.25, 0.3) is 5.91 Å². The van der Waals surface area contributed by atoms with Crippen LogP contribution < -0.4 is 10.6 Å². The van der Waals surface area contributed by atoms with E-state index >= 15 is 0 Å². The summed E-state index contributed by atoms with van der Waals surface area (Å²) in [5.74, 6) is -0.0660. The summed E-state index contributed by atoms with van der Waals surface area (Å²) in [7, 11) is 0. The van der Waals surface area contributed by atoms with Crippen LogP contribution in [-0.4, -0.2) is 23.6 Å². The first-order valence-electron chi connectivity index (χ1n) is 9.80. The smallest absolute Gasteiger partial charge is 0.253 e. The number of hydrogen-bond donors (Lipinski definition) is 2. The maximum Gasteiger partial charge on any atom is 0.253 e. The van der Waals surface area contributed by atoms with E-state index in [9.17, 15) is 14.0 Å². The van der Waals surface area contributed by atoms with Crippen molar-refractivity contribution in [3.05, 3.63) is 58.9 Å². The summed E-state index contributed by atoms with van der Waals surface area (Å²) in [5, 5.41) is 6.22. The van der Waals surface area contributed by atoms with Gasteiger partial charge in [-0.1, -0.05) is 30.9 Å². The van der Waals surface area contributed by atoms with Gasteiger partial charge in [0.1, 0.15) is 5.82 Å². The molecule has 0 radical (unpaired) electrons. The number of carbonyl (C=O) groups is 2. The number of hydrogen-bond acceptors (Lipinski definition) is 3. The molecule has 1 aliphatic carbocycles. The minimum atomic E-state index is -0.279. The molecule has 29 heavy (non-hydrogen) atoms. The van der Waals surface area contributed by atoms with E-state index in [-0.39, 0.29) is 23.7 Å². The number of rotatable bonds is 7. The Kier molecular flexibility index (Phi) is 7.95. The second-order valence-corrected chi connectivity index (χ2v) is 8.68. The molecule has 154 valence electrons. The lowest BCUT2D eigenvalue weighted by molar-refractivity contribution is -0.115. The third kappa shape index (κ3) is 6.75. The van der Waals surface area contributed by atoms with Crippen molar-refractivity contribution in [2.75, 3.05) is 11.1 Å². The van der Waals surface area contributed by atoms with Crippen molar-refractivity contribution in [2.45, 2.75) is 49.5 Å². The summed E-state index contributed by atoms with van der Waals surface area (Å²) in [6, 6.07) is 11.3. The van der Waals surface area contributed by atoms with Crippen LogP contribution in [0.3, 0.4) is 0 Å². The molecule has 2 aromatic rings. The first kappa shape index (κ1) is 21.7. The third-order valence-electron chi connectivity index (χ3n) is 4.85. The molecule has 3 rings (SSSR count). The molecule has 4 nitrogen and oxygen atoms in total. The van der Waals surface area contributed by atoms with E-state index in [2.05, 4.69) is 10.6 Å². The van der Waals surface area contributed by atoms with Crippen LogP contribution in [0.1, 0.15) is 48.9 Å². The Balaban J connectivity index is 1.52. The van der Waals surface area contributed by atoms with Crippen LogP contribution in [0.25, 0.3) is 0 Å². The summed E-state index contributed by atoms with van der Waals surface area (Å²) in [6.07, 6.45) is 5.76. The molecule has 7 heteroatoms. The fourth-order valence-electron chi connectivity index (χ4n) is 3.30. The Hall–Kier alpha value is -2.05. The minimum Gasteiger partial charge on any atom is -0.349 e. The van der Waals surface area contributed by atoms with E-state index < -0.39 is 0 Å². The molecule has 0 aliphatic heterocycles. The number of thioether (sulfide) groups is 1. The summed E-state index contributed by atoms with van der Waals surface area (Å²) in [5.41, 5.74) is 0.913. The van der Waals surface area contributed by atoms with Gasteiger partial charge in [-0.15, -0.1) is 11.8 Å². The Morgan fingerprint density at radius 2 is 1.79 bits per heavy atom. The van der Waals surface area contributed by atoms with Crippen molar-refractivity contribution >= 4 is 40.9 Å². The maximum atomic E-state index is 12.9.